The van der Waals surface area contributed by atoms with Gasteiger partial charge in [-0.1, -0.05) is 32.0 Å². The van der Waals surface area contributed by atoms with E-state index in [0.29, 0.717) is 12.5 Å². The van der Waals surface area contributed by atoms with Crippen molar-refractivity contribution in [2.75, 3.05) is 13.2 Å². The molecule has 116 valence electrons. The summed E-state index contributed by atoms with van der Waals surface area (Å²) >= 11 is 0. The lowest BCUT2D eigenvalue weighted by molar-refractivity contribution is 0.282. The van der Waals surface area contributed by atoms with Crippen LogP contribution in [0.2, 0.25) is 0 Å². The molecule has 0 aliphatic rings. The van der Waals surface area contributed by atoms with Gasteiger partial charge in [0.15, 0.2) is 0 Å². The number of nitrogens with zero attached hydrogens (tertiary/aromatic N) is 1. The Hall–Kier alpha value is -1.32. The van der Waals surface area contributed by atoms with Crippen LogP contribution in [0.15, 0.2) is 30.5 Å². The van der Waals surface area contributed by atoms with Gasteiger partial charge in [-0.25, -0.2) is 0 Å². The molecule has 0 bridgehead atoms. The smallest absolute Gasteiger partial charge is 0.0525 e. The Kier molecular flexibility index (Phi) is 6.27. The summed E-state index contributed by atoms with van der Waals surface area (Å²) in [5, 5.41) is 13.7. The van der Waals surface area contributed by atoms with Crippen molar-refractivity contribution in [3.8, 4) is 0 Å². The van der Waals surface area contributed by atoms with Crippen LogP contribution < -0.4 is 5.32 Å². The lowest BCUT2D eigenvalue weighted by atomic mass is 10.1. The van der Waals surface area contributed by atoms with Gasteiger partial charge in [0, 0.05) is 25.9 Å². The second-order valence-electron chi connectivity index (χ2n) is 6.17. The quantitative estimate of drug-likeness (QED) is 0.692. The van der Waals surface area contributed by atoms with Crippen molar-refractivity contribution in [2.45, 2.75) is 46.2 Å². The van der Waals surface area contributed by atoms with Gasteiger partial charge in [-0.15, -0.1) is 0 Å². The molecule has 0 fully saturated rings. The van der Waals surface area contributed by atoms with Crippen LogP contribution in [0.5, 0.6) is 0 Å². The number of aliphatic hydroxyl groups is 1. The molecule has 0 saturated heterocycles. The number of rotatable bonds is 9. The zero-order valence-electron chi connectivity index (χ0n) is 13.3. The summed E-state index contributed by atoms with van der Waals surface area (Å²) in [5.74, 6) is 0.675. The Balaban J connectivity index is 2.07. The largest absolute Gasteiger partial charge is 0.396 e. The summed E-state index contributed by atoms with van der Waals surface area (Å²) in [6.07, 6.45) is 5.31. The lowest BCUT2D eigenvalue weighted by Crippen LogP contribution is -2.19. The van der Waals surface area contributed by atoms with Crippen LogP contribution in [0.1, 0.15) is 38.7 Å². The highest BCUT2D eigenvalue weighted by molar-refractivity contribution is 5.83. The van der Waals surface area contributed by atoms with E-state index in [9.17, 15) is 0 Å². The van der Waals surface area contributed by atoms with Gasteiger partial charge in [-0.05, 0) is 48.7 Å². The summed E-state index contributed by atoms with van der Waals surface area (Å²) in [6.45, 7) is 7.78. The molecule has 0 aliphatic carbocycles. The third-order valence-corrected chi connectivity index (χ3v) is 3.80. The molecule has 1 heterocycles. The number of nitrogens with one attached hydrogen (secondary N) is 1. The van der Waals surface area contributed by atoms with Crippen LogP contribution in [0, 0.1) is 5.92 Å². The maximum absolute atomic E-state index is 8.87. The molecule has 3 heteroatoms. The number of aliphatic hydroxyl groups excluding tert-OH is 1. The minimum Gasteiger partial charge on any atom is -0.396 e. The van der Waals surface area contributed by atoms with Gasteiger partial charge in [0.05, 0.1) is 5.52 Å². The number of para-hydroxylation sites is 1. The molecule has 0 radical (unpaired) electrons. The van der Waals surface area contributed by atoms with Gasteiger partial charge in [0.25, 0.3) is 0 Å². The number of fused-ring (bicyclic) bond motifs is 1. The molecule has 0 saturated carbocycles. The van der Waals surface area contributed by atoms with Gasteiger partial charge in [-0.2, -0.15) is 0 Å². The molecule has 0 amide bonds. The van der Waals surface area contributed by atoms with E-state index >= 15 is 0 Å². The molecule has 0 spiro atoms. The van der Waals surface area contributed by atoms with E-state index in [1.54, 1.807) is 0 Å². The SMILES string of the molecule is CC(C)CNCc1cccc2ccn(CCCCCO)c12. The lowest BCUT2D eigenvalue weighted by Gasteiger charge is -2.12. The summed E-state index contributed by atoms with van der Waals surface area (Å²) in [5.41, 5.74) is 2.73. The predicted octanol–water partition coefficient (Wildman–Crippen LogP) is 3.55. The van der Waals surface area contributed by atoms with Crippen LogP contribution in [-0.4, -0.2) is 22.8 Å². The van der Waals surface area contributed by atoms with Crippen molar-refractivity contribution in [1.29, 1.82) is 0 Å². The van der Waals surface area contributed by atoms with Gasteiger partial charge in [-0.3, -0.25) is 0 Å². The first kappa shape index (κ1) is 16.1. The van der Waals surface area contributed by atoms with Crippen LogP contribution in [0.4, 0.5) is 0 Å². The normalized spacial score (nSPS) is 11.6. The molecule has 0 atom stereocenters. The maximum Gasteiger partial charge on any atom is 0.0525 e. The average molecular weight is 288 g/mol. The van der Waals surface area contributed by atoms with Gasteiger partial charge in [0.2, 0.25) is 0 Å². The van der Waals surface area contributed by atoms with Crippen LogP contribution >= 0.6 is 0 Å². The van der Waals surface area contributed by atoms with Crippen molar-refractivity contribution in [2.24, 2.45) is 5.92 Å². The zero-order chi connectivity index (χ0) is 15.1. The Morgan fingerprint density at radius 2 is 2.00 bits per heavy atom. The number of hydrogen-bond acceptors (Lipinski definition) is 2. The average Bonchev–Trinajstić information content (AvgIpc) is 2.87. The van der Waals surface area contributed by atoms with E-state index in [4.69, 9.17) is 5.11 Å². The number of benzene rings is 1. The molecular weight excluding hydrogens is 260 g/mol. The number of aromatic nitrogens is 1. The van der Waals surface area contributed by atoms with Crippen molar-refractivity contribution >= 4 is 10.9 Å². The van der Waals surface area contributed by atoms with E-state index in [0.717, 1.165) is 38.9 Å². The molecular formula is C18H28N2O. The Morgan fingerprint density at radius 1 is 1.14 bits per heavy atom. The van der Waals surface area contributed by atoms with E-state index in [1.165, 1.54) is 16.5 Å². The highest BCUT2D eigenvalue weighted by Gasteiger charge is 2.06. The summed E-state index contributed by atoms with van der Waals surface area (Å²) in [4.78, 5) is 0. The number of unbranched alkanes of at least 4 members (excludes halogenated alkanes) is 2. The highest BCUT2D eigenvalue weighted by Crippen LogP contribution is 2.21. The monoisotopic (exact) mass is 288 g/mol. The fraction of sp³-hybridized carbons (Fsp3) is 0.556. The molecule has 2 rings (SSSR count). The Labute approximate surface area is 128 Å². The predicted molar refractivity (Wildman–Crippen MR) is 89.4 cm³/mol. The van der Waals surface area contributed by atoms with Crippen LogP contribution in [0.3, 0.4) is 0 Å². The van der Waals surface area contributed by atoms with Gasteiger partial charge < -0.3 is 15.0 Å². The fourth-order valence-electron chi connectivity index (χ4n) is 2.74. The first-order chi connectivity index (χ1) is 10.2. The van der Waals surface area contributed by atoms with Crippen molar-refractivity contribution in [3.05, 3.63) is 36.0 Å². The summed E-state index contributed by atoms with van der Waals surface area (Å²) in [7, 11) is 0. The highest BCUT2D eigenvalue weighted by atomic mass is 16.2. The second kappa shape index (κ2) is 8.20. The second-order valence-corrected chi connectivity index (χ2v) is 6.17. The van der Waals surface area contributed by atoms with Crippen molar-refractivity contribution < 1.29 is 5.11 Å². The van der Waals surface area contributed by atoms with Crippen LogP contribution in [-0.2, 0) is 13.1 Å². The van der Waals surface area contributed by atoms with E-state index in [2.05, 4.69) is 54.2 Å². The summed E-state index contributed by atoms with van der Waals surface area (Å²) < 4.78 is 2.36. The zero-order valence-corrected chi connectivity index (χ0v) is 13.3. The standard InChI is InChI=1S/C18H28N2O/c1-15(2)13-19-14-17-8-6-7-16-9-11-20(18(16)17)10-4-3-5-12-21/h6-9,11,15,19,21H,3-5,10,12-14H2,1-2H3. The molecule has 3 nitrogen and oxygen atoms in total. The third-order valence-electron chi connectivity index (χ3n) is 3.80. The Bertz CT molecular complexity index is 545. The molecule has 1 aromatic carbocycles. The summed E-state index contributed by atoms with van der Waals surface area (Å²) in [6, 6.07) is 8.75. The van der Waals surface area contributed by atoms with E-state index < -0.39 is 0 Å². The van der Waals surface area contributed by atoms with Gasteiger partial charge >= 0.3 is 0 Å². The molecule has 2 aromatic rings. The van der Waals surface area contributed by atoms with E-state index in [-0.39, 0.29) is 0 Å². The first-order valence-electron chi connectivity index (χ1n) is 8.10. The Morgan fingerprint density at radius 3 is 2.76 bits per heavy atom. The minimum atomic E-state index is 0.302. The molecule has 0 aliphatic heterocycles. The fourth-order valence-corrected chi connectivity index (χ4v) is 2.74. The number of aryl methyl sites for hydroxylation is 1. The molecule has 21 heavy (non-hydrogen) atoms. The topological polar surface area (TPSA) is 37.2 Å². The van der Waals surface area contributed by atoms with Gasteiger partial charge in [0.1, 0.15) is 0 Å². The van der Waals surface area contributed by atoms with Crippen molar-refractivity contribution in [1.82, 2.24) is 9.88 Å². The number of hydrogen-bond donors (Lipinski definition) is 2. The molecule has 0 unspecified atom stereocenters. The molecule has 1 aromatic heterocycles. The minimum absolute atomic E-state index is 0.302. The molecule has 2 N–H and O–H groups in total. The first-order valence-corrected chi connectivity index (χ1v) is 8.10. The van der Waals surface area contributed by atoms with Crippen molar-refractivity contribution in [3.63, 3.8) is 0 Å². The third kappa shape index (κ3) is 4.58. The van der Waals surface area contributed by atoms with Crippen LogP contribution in [0.25, 0.3) is 10.9 Å². The maximum atomic E-state index is 8.87. The van der Waals surface area contributed by atoms with E-state index in [1.807, 2.05) is 0 Å².